The first-order valence-electron chi connectivity index (χ1n) is 8.76. The van der Waals surface area contributed by atoms with Crippen LogP contribution in [-0.4, -0.2) is 31.2 Å². The number of benzene rings is 2. The second-order valence-corrected chi connectivity index (χ2v) is 5.94. The van der Waals surface area contributed by atoms with E-state index in [1.165, 1.54) is 11.0 Å². The Morgan fingerprint density at radius 3 is 2.63 bits per heavy atom. The first-order chi connectivity index (χ1) is 13.0. The standard InChI is InChI=1S/C21H21NO5/c1-4-22(3)21(24)27-18-9-7-6-8-16(18)20-13-17(23)15-11-10-14(25-5-2)12-19(15)26-20/h6-13H,4-5H2,1-3H3. The molecule has 0 bridgehead atoms. The van der Waals surface area contributed by atoms with Crippen molar-refractivity contribution in [3.05, 3.63) is 58.8 Å². The SMILES string of the molecule is CCOc1ccc2c(=O)cc(-c3ccccc3OC(=O)N(C)CC)oc2c1. The third kappa shape index (κ3) is 3.95. The lowest BCUT2D eigenvalue weighted by atomic mass is 10.1. The minimum absolute atomic E-state index is 0.180. The van der Waals surface area contributed by atoms with Gasteiger partial charge in [-0.05, 0) is 38.1 Å². The molecule has 0 radical (unpaired) electrons. The van der Waals surface area contributed by atoms with Gasteiger partial charge in [0, 0.05) is 25.7 Å². The zero-order valence-corrected chi connectivity index (χ0v) is 15.5. The molecule has 1 aromatic heterocycles. The molecule has 0 aliphatic heterocycles. The lowest BCUT2D eigenvalue weighted by Crippen LogP contribution is -2.29. The van der Waals surface area contributed by atoms with Crippen LogP contribution >= 0.6 is 0 Å². The van der Waals surface area contributed by atoms with Crippen LogP contribution in [0.5, 0.6) is 11.5 Å². The number of amides is 1. The molecule has 6 nitrogen and oxygen atoms in total. The number of nitrogens with zero attached hydrogens (tertiary/aromatic N) is 1. The van der Waals surface area contributed by atoms with E-state index < -0.39 is 6.09 Å². The van der Waals surface area contributed by atoms with E-state index in [0.29, 0.717) is 46.9 Å². The summed E-state index contributed by atoms with van der Waals surface area (Å²) < 4.78 is 16.9. The first-order valence-corrected chi connectivity index (χ1v) is 8.76. The van der Waals surface area contributed by atoms with Crippen LogP contribution in [0.15, 0.2) is 57.7 Å². The number of carbonyl (C=O) groups excluding carboxylic acids is 1. The van der Waals surface area contributed by atoms with E-state index in [1.807, 2.05) is 13.8 Å². The van der Waals surface area contributed by atoms with Gasteiger partial charge in [-0.3, -0.25) is 4.79 Å². The summed E-state index contributed by atoms with van der Waals surface area (Å²) in [7, 11) is 1.65. The molecular weight excluding hydrogens is 346 g/mol. The summed E-state index contributed by atoms with van der Waals surface area (Å²) in [5.74, 6) is 1.27. The molecule has 0 unspecified atom stereocenters. The number of hydrogen-bond donors (Lipinski definition) is 0. The summed E-state index contributed by atoms with van der Waals surface area (Å²) in [6, 6.07) is 13.4. The van der Waals surface area contributed by atoms with E-state index in [-0.39, 0.29) is 5.43 Å². The maximum Gasteiger partial charge on any atom is 0.414 e. The maximum absolute atomic E-state index is 12.5. The van der Waals surface area contributed by atoms with Crippen LogP contribution in [0.2, 0.25) is 0 Å². The fraction of sp³-hybridized carbons (Fsp3) is 0.238. The van der Waals surface area contributed by atoms with Crippen molar-refractivity contribution >= 4 is 17.1 Å². The Morgan fingerprint density at radius 2 is 1.89 bits per heavy atom. The van der Waals surface area contributed by atoms with E-state index >= 15 is 0 Å². The minimum Gasteiger partial charge on any atom is -0.494 e. The third-order valence-electron chi connectivity index (χ3n) is 4.15. The maximum atomic E-state index is 12.5. The van der Waals surface area contributed by atoms with E-state index in [2.05, 4.69) is 0 Å². The summed E-state index contributed by atoms with van der Waals surface area (Å²) in [6.07, 6.45) is -0.480. The average molecular weight is 367 g/mol. The molecule has 3 aromatic rings. The minimum atomic E-state index is -0.480. The number of ether oxygens (including phenoxy) is 2. The number of rotatable bonds is 5. The Hall–Kier alpha value is -3.28. The van der Waals surface area contributed by atoms with Crippen LogP contribution in [0.1, 0.15) is 13.8 Å². The van der Waals surface area contributed by atoms with E-state index in [0.717, 1.165) is 0 Å². The molecule has 0 atom stereocenters. The molecule has 6 heteroatoms. The molecule has 1 amide bonds. The monoisotopic (exact) mass is 367 g/mol. The van der Waals surface area contributed by atoms with Crippen molar-refractivity contribution in [2.45, 2.75) is 13.8 Å². The Labute approximate surface area is 156 Å². The van der Waals surface area contributed by atoms with Crippen LogP contribution in [-0.2, 0) is 0 Å². The van der Waals surface area contributed by atoms with Gasteiger partial charge in [0.15, 0.2) is 5.43 Å². The van der Waals surface area contributed by atoms with Gasteiger partial charge in [0.1, 0.15) is 22.8 Å². The summed E-state index contributed by atoms with van der Waals surface area (Å²) in [4.78, 5) is 26.1. The van der Waals surface area contributed by atoms with Crippen LogP contribution in [0, 0.1) is 0 Å². The fourth-order valence-electron chi connectivity index (χ4n) is 2.58. The molecule has 0 aliphatic carbocycles. The quantitative estimate of drug-likeness (QED) is 0.672. The molecular formula is C21H21NO5. The Bertz CT molecular complexity index is 1020. The molecule has 0 spiro atoms. The Balaban J connectivity index is 2.07. The van der Waals surface area contributed by atoms with Crippen molar-refractivity contribution in [1.82, 2.24) is 4.90 Å². The third-order valence-corrected chi connectivity index (χ3v) is 4.15. The van der Waals surface area contributed by atoms with Crippen molar-refractivity contribution in [1.29, 1.82) is 0 Å². The molecule has 0 N–H and O–H groups in total. The highest BCUT2D eigenvalue weighted by atomic mass is 16.6. The molecule has 0 fully saturated rings. The zero-order valence-electron chi connectivity index (χ0n) is 15.5. The molecule has 140 valence electrons. The lowest BCUT2D eigenvalue weighted by molar-refractivity contribution is 0.165. The van der Waals surface area contributed by atoms with Gasteiger partial charge in [-0.15, -0.1) is 0 Å². The average Bonchev–Trinajstić information content (AvgIpc) is 2.67. The zero-order chi connectivity index (χ0) is 19.4. The number of hydrogen-bond acceptors (Lipinski definition) is 5. The van der Waals surface area contributed by atoms with E-state index in [9.17, 15) is 9.59 Å². The van der Waals surface area contributed by atoms with Crippen LogP contribution in [0.3, 0.4) is 0 Å². The van der Waals surface area contributed by atoms with Crippen LogP contribution in [0.4, 0.5) is 4.79 Å². The van der Waals surface area contributed by atoms with Crippen molar-refractivity contribution in [3.8, 4) is 22.8 Å². The molecule has 3 rings (SSSR count). The van der Waals surface area contributed by atoms with Crippen LogP contribution in [0.25, 0.3) is 22.3 Å². The van der Waals surface area contributed by atoms with Crippen molar-refractivity contribution < 1.29 is 18.7 Å². The molecule has 27 heavy (non-hydrogen) atoms. The van der Waals surface area contributed by atoms with Gasteiger partial charge in [-0.25, -0.2) is 4.79 Å². The van der Waals surface area contributed by atoms with Crippen molar-refractivity contribution in [2.24, 2.45) is 0 Å². The highest BCUT2D eigenvalue weighted by molar-refractivity contribution is 5.81. The van der Waals surface area contributed by atoms with Crippen LogP contribution < -0.4 is 14.9 Å². The second kappa shape index (κ2) is 7.95. The Kier molecular flexibility index (Phi) is 5.45. The predicted octanol–water partition coefficient (Wildman–Crippen LogP) is 4.31. The Morgan fingerprint density at radius 1 is 1.11 bits per heavy atom. The summed E-state index contributed by atoms with van der Waals surface area (Å²) in [5, 5.41) is 0.461. The molecule has 1 heterocycles. The number of carbonyl (C=O) groups is 1. The smallest absolute Gasteiger partial charge is 0.414 e. The highest BCUT2D eigenvalue weighted by Crippen LogP contribution is 2.32. The molecule has 0 saturated heterocycles. The summed E-state index contributed by atoms with van der Waals surface area (Å²) >= 11 is 0. The van der Waals surface area contributed by atoms with Gasteiger partial charge < -0.3 is 18.8 Å². The highest BCUT2D eigenvalue weighted by Gasteiger charge is 2.16. The second-order valence-electron chi connectivity index (χ2n) is 5.94. The summed E-state index contributed by atoms with van der Waals surface area (Å²) in [6.45, 7) is 4.77. The van der Waals surface area contributed by atoms with Crippen molar-refractivity contribution in [2.75, 3.05) is 20.2 Å². The topological polar surface area (TPSA) is 69.0 Å². The van der Waals surface area contributed by atoms with Gasteiger partial charge in [-0.1, -0.05) is 12.1 Å². The molecule has 0 aliphatic rings. The molecule has 0 saturated carbocycles. The van der Waals surface area contributed by atoms with Gasteiger partial charge >= 0.3 is 6.09 Å². The van der Waals surface area contributed by atoms with Gasteiger partial charge in [-0.2, -0.15) is 0 Å². The van der Waals surface area contributed by atoms with Crippen molar-refractivity contribution in [3.63, 3.8) is 0 Å². The van der Waals surface area contributed by atoms with E-state index in [1.54, 1.807) is 49.5 Å². The fourth-order valence-corrected chi connectivity index (χ4v) is 2.58. The first kappa shape index (κ1) is 18.5. The van der Waals surface area contributed by atoms with Gasteiger partial charge in [0.25, 0.3) is 0 Å². The largest absolute Gasteiger partial charge is 0.494 e. The number of para-hydroxylation sites is 1. The van der Waals surface area contributed by atoms with Gasteiger partial charge in [0.2, 0.25) is 0 Å². The lowest BCUT2D eigenvalue weighted by Gasteiger charge is -2.16. The number of fused-ring (bicyclic) bond motifs is 1. The van der Waals surface area contributed by atoms with E-state index in [4.69, 9.17) is 13.9 Å². The van der Waals surface area contributed by atoms with Gasteiger partial charge in [0.05, 0.1) is 17.6 Å². The normalized spacial score (nSPS) is 10.6. The summed E-state index contributed by atoms with van der Waals surface area (Å²) in [5.41, 5.74) is 0.757. The predicted molar refractivity (Wildman–Crippen MR) is 103 cm³/mol. The molecule has 2 aromatic carbocycles.